The summed E-state index contributed by atoms with van der Waals surface area (Å²) in [5.74, 6) is 1.50. The van der Waals surface area contributed by atoms with Crippen molar-refractivity contribution in [3.8, 4) is 0 Å². The number of thiophene rings is 1. The fourth-order valence-electron chi connectivity index (χ4n) is 3.15. The molecule has 1 amide bonds. The molecule has 0 aromatic carbocycles. The van der Waals surface area contributed by atoms with Gasteiger partial charge in [0, 0.05) is 19.3 Å². The number of carbonyl (C=O) groups is 1. The number of hydrogen-bond donors (Lipinski definition) is 1. The zero-order valence-electron chi connectivity index (χ0n) is 14.0. The molecule has 128 valence electrons. The second kappa shape index (κ2) is 6.76. The average Bonchev–Trinajstić information content (AvgIpc) is 3.12. The van der Waals surface area contributed by atoms with Gasteiger partial charge in [0.05, 0.1) is 16.1 Å². The highest BCUT2D eigenvalue weighted by atomic mass is 32.1. The molecule has 0 aliphatic carbocycles. The van der Waals surface area contributed by atoms with Crippen molar-refractivity contribution in [2.24, 2.45) is 5.92 Å². The maximum absolute atomic E-state index is 12.6. The normalized spacial score (nSPS) is 17.6. The number of hydrogen-bond acceptors (Lipinski definition) is 6. The van der Waals surface area contributed by atoms with Gasteiger partial charge in [-0.15, -0.1) is 11.3 Å². The molecule has 3 aromatic heterocycles. The second-order valence-corrected chi connectivity index (χ2v) is 7.24. The fourth-order valence-corrected chi connectivity index (χ4v) is 4.02. The van der Waals surface area contributed by atoms with Crippen LogP contribution < -0.4 is 10.2 Å². The molecule has 1 unspecified atom stereocenters. The molecule has 1 atom stereocenters. The highest BCUT2D eigenvalue weighted by molar-refractivity contribution is 7.17. The van der Waals surface area contributed by atoms with Gasteiger partial charge in [-0.05, 0) is 42.8 Å². The lowest BCUT2D eigenvalue weighted by atomic mass is 9.97. The third-order valence-corrected chi connectivity index (χ3v) is 5.38. The number of amides is 1. The topological polar surface area (TPSA) is 71.0 Å². The number of piperidine rings is 1. The highest BCUT2D eigenvalue weighted by Gasteiger charge is 2.28. The summed E-state index contributed by atoms with van der Waals surface area (Å²) in [7, 11) is 0. The SMILES string of the molecule is Cc1ccc(NC(=O)C2CCCN(c3ncnc4ccsc34)C2)nc1. The smallest absolute Gasteiger partial charge is 0.230 e. The van der Waals surface area contributed by atoms with Gasteiger partial charge in [0.2, 0.25) is 5.91 Å². The van der Waals surface area contributed by atoms with E-state index in [4.69, 9.17) is 0 Å². The van der Waals surface area contributed by atoms with Gasteiger partial charge in [-0.25, -0.2) is 15.0 Å². The average molecular weight is 353 g/mol. The number of aromatic nitrogens is 3. The van der Waals surface area contributed by atoms with Crippen LogP contribution in [0.4, 0.5) is 11.6 Å². The molecule has 0 saturated carbocycles. The van der Waals surface area contributed by atoms with E-state index >= 15 is 0 Å². The predicted molar refractivity (Wildman–Crippen MR) is 100.0 cm³/mol. The maximum atomic E-state index is 12.6. The number of fused-ring (bicyclic) bond motifs is 1. The van der Waals surface area contributed by atoms with Crippen molar-refractivity contribution in [2.45, 2.75) is 19.8 Å². The molecular weight excluding hydrogens is 334 g/mol. The number of nitrogens with zero attached hydrogens (tertiary/aromatic N) is 4. The van der Waals surface area contributed by atoms with Crippen molar-refractivity contribution in [1.82, 2.24) is 15.0 Å². The summed E-state index contributed by atoms with van der Waals surface area (Å²) in [6.07, 6.45) is 5.21. The summed E-state index contributed by atoms with van der Waals surface area (Å²) >= 11 is 1.64. The van der Waals surface area contributed by atoms with Crippen molar-refractivity contribution in [2.75, 3.05) is 23.3 Å². The molecule has 1 aliphatic rings. The van der Waals surface area contributed by atoms with E-state index in [0.29, 0.717) is 12.4 Å². The molecule has 6 nitrogen and oxygen atoms in total. The first-order valence-corrected chi connectivity index (χ1v) is 9.25. The van der Waals surface area contributed by atoms with Crippen molar-refractivity contribution in [3.63, 3.8) is 0 Å². The maximum Gasteiger partial charge on any atom is 0.230 e. The Morgan fingerprint density at radius 3 is 3.04 bits per heavy atom. The molecule has 4 heterocycles. The summed E-state index contributed by atoms with van der Waals surface area (Å²) in [4.78, 5) is 27.9. The third kappa shape index (κ3) is 3.32. The third-order valence-electron chi connectivity index (χ3n) is 4.48. The number of nitrogens with one attached hydrogen (secondary N) is 1. The minimum absolute atomic E-state index is 0.0255. The number of anilines is 2. The molecule has 1 N–H and O–H groups in total. The molecule has 0 radical (unpaired) electrons. The number of carbonyl (C=O) groups excluding carboxylic acids is 1. The predicted octanol–water partition coefficient (Wildman–Crippen LogP) is 3.25. The van der Waals surface area contributed by atoms with Gasteiger partial charge in [-0.2, -0.15) is 0 Å². The molecule has 1 aliphatic heterocycles. The Labute approximate surface area is 149 Å². The summed E-state index contributed by atoms with van der Waals surface area (Å²) in [5, 5.41) is 4.96. The molecule has 25 heavy (non-hydrogen) atoms. The fraction of sp³-hybridized carbons (Fsp3) is 0.333. The molecule has 1 fully saturated rings. The standard InChI is InChI=1S/C18H19N5OS/c1-12-4-5-15(19-9-12)22-18(24)13-3-2-7-23(10-13)17-16-14(6-8-25-16)20-11-21-17/h4-6,8-9,11,13H,2-3,7,10H2,1H3,(H,19,22,24). The Bertz CT molecular complexity index is 892. The molecule has 3 aromatic rings. The minimum Gasteiger partial charge on any atom is -0.355 e. The summed E-state index contributed by atoms with van der Waals surface area (Å²) in [6.45, 7) is 3.56. The molecule has 7 heteroatoms. The quantitative estimate of drug-likeness (QED) is 0.783. The van der Waals surface area contributed by atoms with E-state index in [1.54, 1.807) is 23.9 Å². The van der Waals surface area contributed by atoms with Crippen molar-refractivity contribution >= 4 is 39.1 Å². The van der Waals surface area contributed by atoms with Crippen molar-refractivity contribution in [1.29, 1.82) is 0 Å². The van der Waals surface area contributed by atoms with Crippen LogP contribution in [0, 0.1) is 12.8 Å². The van der Waals surface area contributed by atoms with E-state index in [2.05, 4.69) is 25.2 Å². The van der Waals surface area contributed by atoms with Crippen LogP contribution in [0.15, 0.2) is 36.1 Å². The lowest BCUT2D eigenvalue weighted by Crippen LogP contribution is -2.41. The zero-order valence-corrected chi connectivity index (χ0v) is 14.8. The van der Waals surface area contributed by atoms with E-state index in [0.717, 1.165) is 41.0 Å². The number of pyridine rings is 1. The number of aryl methyl sites for hydroxylation is 1. The lowest BCUT2D eigenvalue weighted by Gasteiger charge is -2.32. The van der Waals surface area contributed by atoms with Crippen LogP contribution in [0.5, 0.6) is 0 Å². The first-order valence-electron chi connectivity index (χ1n) is 8.37. The van der Waals surface area contributed by atoms with Gasteiger partial charge in [0.1, 0.15) is 18.0 Å². The van der Waals surface area contributed by atoms with Gasteiger partial charge in [-0.3, -0.25) is 4.79 Å². The van der Waals surface area contributed by atoms with E-state index in [9.17, 15) is 4.79 Å². The first-order chi connectivity index (χ1) is 12.2. The Hall–Kier alpha value is -2.54. The Morgan fingerprint density at radius 2 is 2.20 bits per heavy atom. The number of rotatable bonds is 3. The van der Waals surface area contributed by atoms with E-state index in [-0.39, 0.29) is 11.8 Å². The van der Waals surface area contributed by atoms with Crippen LogP contribution >= 0.6 is 11.3 Å². The Balaban J connectivity index is 1.50. The van der Waals surface area contributed by atoms with Gasteiger partial charge in [-0.1, -0.05) is 6.07 Å². The van der Waals surface area contributed by atoms with Crippen LogP contribution in [-0.2, 0) is 4.79 Å². The van der Waals surface area contributed by atoms with Crippen molar-refractivity contribution in [3.05, 3.63) is 41.7 Å². The Kier molecular flexibility index (Phi) is 4.31. The van der Waals surface area contributed by atoms with Gasteiger partial charge >= 0.3 is 0 Å². The summed E-state index contributed by atoms with van der Waals surface area (Å²) in [6, 6.07) is 5.79. The summed E-state index contributed by atoms with van der Waals surface area (Å²) in [5.41, 5.74) is 2.04. The second-order valence-electron chi connectivity index (χ2n) is 6.33. The first kappa shape index (κ1) is 16.0. The highest BCUT2D eigenvalue weighted by Crippen LogP contribution is 2.31. The summed E-state index contributed by atoms with van der Waals surface area (Å²) < 4.78 is 1.09. The minimum atomic E-state index is -0.0677. The van der Waals surface area contributed by atoms with E-state index < -0.39 is 0 Å². The molecule has 4 rings (SSSR count). The largest absolute Gasteiger partial charge is 0.355 e. The van der Waals surface area contributed by atoms with E-state index in [1.165, 1.54) is 0 Å². The molecule has 0 bridgehead atoms. The molecular formula is C18H19N5OS. The van der Waals surface area contributed by atoms with Gasteiger partial charge < -0.3 is 10.2 Å². The van der Waals surface area contributed by atoms with Gasteiger partial charge in [0.15, 0.2) is 0 Å². The van der Waals surface area contributed by atoms with Crippen LogP contribution in [0.3, 0.4) is 0 Å². The zero-order chi connectivity index (χ0) is 17.2. The van der Waals surface area contributed by atoms with Crippen LogP contribution in [0.25, 0.3) is 10.2 Å². The molecule has 1 saturated heterocycles. The van der Waals surface area contributed by atoms with Crippen molar-refractivity contribution < 1.29 is 4.79 Å². The lowest BCUT2D eigenvalue weighted by molar-refractivity contribution is -0.120. The monoisotopic (exact) mass is 353 g/mol. The van der Waals surface area contributed by atoms with Crippen LogP contribution in [0.1, 0.15) is 18.4 Å². The molecule has 0 spiro atoms. The Morgan fingerprint density at radius 1 is 1.28 bits per heavy atom. The van der Waals surface area contributed by atoms with E-state index in [1.807, 2.05) is 30.5 Å². The van der Waals surface area contributed by atoms with Crippen LogP contribution in [0.2, 0.25) is 0 Å². The van der Waals surface area contributed by atoms with Crippen LogP contribution in [-0.4, -0.2) is 33.9 Å². The van der Waals surface area contributed by atoms with Gasteiger partial charge in [0.25, 0.3) is 0 Å².